The maximum atomic E-state index is 4.30. The smallest absolute Gasteiger partial charge is 0.0833 e. The highest BCUT2D eigenvalue weighted by Gasteiger charge is 2.11. The predicted molar refractivity (Wildman–Crippen MR) is 86.7 cm³/mol. The van der Waals surface area contributed by atoms with Gasteiger partial charge in [-0.1, -0.05) is 42.5 Å². The summed E-state index contributed by atoms with van der Waals surface area (Å²) >= 11 is 1.87. The van der Waals surface area contributed by atoms with Crippen LogP contribution < -0.4 is 0 Å². The molecular formula is C17H19N3S. The van der Waals surface area contributed by atoms with E-state index in [1.54, 1.807) is 0 Å². The highest BCUT2D eigenvalue weighted by molar-refractivity contribution is 7.12. The largest absolute Gasteiger partial charge is 0.248 e. The van der Waals surface area contributed by atoms with Crippen LogP contribution >= 0.6 is 11.3 Å². The van der Waals surface area contributed by atoms with Gasteiger partial charge in [-0.25, -0.2) is 4.68 Å². The molecule has 0 fully saturated rings. The van der Waals surface area contributed by atoms with Crippen molar-refractivity contribution in [3.05, 3.63) is 69.7 Å². The van der Waals surface area contributed by atoms with Crippen molar-refractivity contribution >= 4 is 11.3 Å². The molecule has 1 atom stereocenters. The SMILES string of the molecule is Cc1ccc(C(C)Cc2cn(Cc3ccccc3)nn2)s1. The third-order valence-corrected chi connectivity index (χ3v) is 4.77. The Bertz CT molecular complexity index is 700. The van der Waals surface area contributed by atoms with Crippen molar-refractivity contribution in [3.8, 4) is 0 Å². The Hall–Kier alpha value is -1.94. The Morgan fingerprint density at radius 3 is 2.67 bits per heavy atom. The first-order chi connectivity index (χ1) is 10.2. The maximum Gasteiger partial charge on any atom is 0.0833 e. The van der Waals surface area contributed by atoms with Crippen molar-refractivity contribution in [2.75, 3.05) is 0 Å². The van der Waals surface area contributed by atoms with Crippen molar-refractivity contribution < 1.29 is 0 Å². The van der Waals surface area contributed by atoms with Crippen LogP contribution in [0.5, 0.6) is 0 Å². The molecule has 0 aliphatic heterocycles. The van der Waals surface area contributed by atoms with Gasteiger partial charge in [-0.3, -0.25) is 0 Å². The van der Waals surface area contributed by atoms with Crippen molar-refractivity contribution in [1.82, 2.24) is 15.0 Å². The molecule has 4 heteroatoms. The van der Waals surface area contributed by atoms with Crippen LogP contribution in [0.1, 0.15) is 33.9 Å². The van der Waals surface area contributed by atoms with E-state index in [1.807, 2.05) is 34.2 Å². The molecule has 0 bridgehead atoms. The zero-order valence-corrected chi connectivity index (χ0v) is 13.2. The summed E-state index contributed by atoms with van der Waals surface area (Å²) in [5.41, 5.74) is 2.31. The molecule has 3 nitrogen and oxygen atoms in total. The van der Waals surface area contributed by atoms with Crippen molar-refractivity contribution in [3.63, 3.8) is 0 Å². The monoisotopic (exact) mass is 297 g/mol. The van der Waals surface area contributed by atoms with Gasteiger partial charge in [0.15, 0.2) is 0 Å². The number of hydrogen-bond donors (Lipinski definition) is 0. The Kier molecular flexibility index (Phi) is 4.15. The van der Waals surface area contributed by atoms with E-state index in [1.165, 1.54) is 15.3 Å². The fourth-order valence-electron chi connectivity index (χ4n) is 2.41. The summed E-state index contributed by atoms with van der Waals surface area (Å²) in [5.74, 6) is 0.491. The molecule has 3 aromatic rings. The van der Waals surface area contributed by atoms with Gasteiger partial charge in [0.25, 0.3) is 0 Å². The van der Waals surface area contributed by atoms with Crippen LogP contribution in [0.2, 0.25) is 0 Å². The summed E-state index contributed by atoms with van der Waals surface area (Å²) in [5, 5.41) is 8.54. The lowest BCUT2D eigenvalue weighted by Crippen LogP contribution is -2.00. The van der Waals surface area contributed by atoms with Gasteiger partial charge in [-0.15, -0.1) is 16.4 Å². The van der Waals surface area contributed by atoms with Crippen LogP contribution in [0.25, 0.3) is 0 Å². The van der Waals surface area contributed by atoms with E-state index in [0.717, 1.165) is 18.7 Å². The van der Waals surface area contributed by atoms with Gasteiger partial charge < -0.3 is 0 Å². The van der Waals surface area contributed by atoms with Crippen LogP contribution in [-0.2, 0) is 13.0 Å². The van der Waals surface area contributed by atoms with Gasteiger partial charge in [-0.2, -0.15) is 0 Å². The zero-order chi connectivity index (χ0) is 14.7. The lowest BCUT2D eigenvalue weighted by Gasteiger charge is -2.05. The van der Waals surface area contributed by atoms with Gasteiger partial charge in [0, 0.05) is 22.4 Å². The van der Waals surface area contributed by atoms with Gasteiger partial charge in [0.1, 0.15) is 0 Å². The Labute approximate surface area is 129 Å². The molecular weight excluding hydrogens is 278 g/mol. The molecule has 2 aromatic heterocycles. The third kappa shape index (κ3) is 3.58. The second-order valence-electron chi connectivity index (χ2n) is 5.45. The van der Waals surface area contributed by atoms with E-state index in [0.29, 0.717) is 5.92 Å². The molecule has 0 spiro atoms. The predicted octanol–water partition coefficient (Wildman–Crippen LogP) is 4.04. The number of rotatable bonds is 5. The molecule has 0 N–H and O–H groups in total. The highest BCUT2D eigenvalue weighted by atomic mass is 32.1. The maximum absolute atomic E-state index is 4.30. The average Bonchev–Trinajstić information content (AvgIpc) is 3.09. The van der Waals surface area contributed by atoms with E-state index in [2.05, 4.69) is 54.6 Å². The Balaban J connectivity index is 1.65. The zero-order valence-electron chi connectivity index (χ0n) is 12.4. The molecule has 1 aromatic carbocycles. The van der Waals surface area contributed by atoms with Crippen LogP contribution in [0.3, 0.4) is 0 Å². The van der Waals surface area contributed by atoms with Gasteiger partial charge >= 0.3 is 0 Å². The van der Waals surface area contributed by atoms with Crippen molar-refractivity contribution in [1.29, 1.82) is 0 Å². The van der Waals surface area contributed by atoms with Gasteiger partial charge in [0.2, 0.25) is 0 Å². The van der Waals surface area contributed by atoms with E-state index >= 15 is 0 Å². The van der Waals surface area contributed by atoms with Gasteiger partial charge in [-0.05, 0) is 30.5 Å². The standard InChI is InChI=1S/C17H19N3S/c1-13(17-9-8-14(2)21-17)10-16-12-20(19-18-16)11-15-6-4-3-5-7-15/h3-9,12-13H,10-11H2,1-2H3. The summed E-state index contributed by atoms with van der Waals surface area (Å²) in [7, 11) is 0. The summed E-state index contributed by atoms with van der Waals surface area (Å²) in [6.07, 6.45) is 3.00. The molecule has 0 saturated heterocycles. The fraction of sp³-hybridized carbons (Fsp3) is 0.294. The first kappa shape index (κ1) is 14.0. The van der Waals surface area contributed by atoms with Crippen LogP contribution in [-0.4, -0.2) is 15.0 Å². The Morgan fingerprint density at radius 1 is 1.14 bits per heavy atom. The summed E-state index contributed by atoms with van der Waals surface area (Å²) in [6, 6.07) is 14.8. The summed E-state index contributed by atoms with van der Waals surface area (Å²) in [4.78, 5) is 2.79. The van der Waals surface area contributed by atoms with Crippen LogP contribution in [0.15, 0.2) is 48.7 Å². The first-order valence-electron chi connectivity index (χ1n) is 7.20. The number of aromatic nitrogens is 3. The third-order valence-electron chi connectivity index (χ3n) is 3.54. The van der Waals surface area contributed by atoms with E-state index < -0.39 is 0 Å². The van der Waals surface area contributed by atoms with Crippen molar-refractivity contribution in [2.45, 2.75) is 32.7 Å². The van der Waals surface area contributed by atoms with Crippen LogP contribution in [0, 0.1) is 6.92 Å². The Morgan fingerprint density at radius 2 is 1.95 bits per heavy atom. The molecule has 3 rings (SSSR count). The molecule has 108 valence electrons. The van der Waals surface area contributed by atoms with Crippen molar-refractivity contribution in [2.24, 2.45) is 0 Å². The summed E-state index contributed by atoms with van der Waals surface area (Å²) < 4.78 is 1.91. The second kappa shape index (κ2) is 6.22. The summed E-state index contributed by atoms with van der Waals surface area (Å²) in [6.45, 7) is 5.18. The molecule has 0 aliphatic carbocycles. The minimum absolute atomic E-state index is 0.491. The normalized spacial score (nSPS) is 12.5. The molecule has 0 amide bonds. The van der Waals surface area contributed by atoms with Crippen LogP contribution in [0.4, 0.5) is 0 Å². The number of benzene rings is 1. The lowest BCUT2D eigenvalue weighted by atomic mass is 10.0. The molecule has 1 unspecified atom stereocenters. The fourth-order valence-corrected chi connectivity index (χ4v) is 3.34. The second-order valence-corrected chi connectivity index (χ2v) is 6.77. The minimum Gasteiger partial charge on any atom is -0.248 e. The molecule has 0 saturated carbocycles. The number of aryl methyl sites for hydroxylation is 1. The van der Waals surface area contributed by atoms with E-state index in [9.17, 15) is 0 Å². The number of thiophene rings is 1. The molecule has 0 aliphatic rings. The highest BCUT2D eigenvalue weighted by Crippen LogP contribution is 2.26. The van der Waals surface area contributed by atoms with Gasteiger partial charge in [0.05, 0.1) is 12.2 Å². The topological polar surface area (TPSA) is 30.7 Å². The first-order valence-corrected chi connectivity index (χ1v) is 8.01. The van der Waals surface area contributed by atoms with E-state index in [4.69, 9.17) is 0 Å². The molecule has 2 heterocycles. The molecule has 21 heavy (non-hydrogen) atoms. The van der Waals surface area contributed by atoms with E-state index in [-0.39, 0.29) is 0 Å². The number of hydrogen-bond acceptors (Lipinski definition) is 3. The molecule has 0 radical (unpaired) electrons. The quantitative estimate of drug-likeness (QED) is 0.711. The minimum atomic E-state index is 0.491. The number of nitrogens with zero attached hydrogens (tertiary/aromatic N) is 3. The lowest BCUT2D eigenvalue weighted by molar-refractivity contribution is 0.648. The average molecular weight is 297 g/mol.